The zero-order valence-electron chi connectivity index (χ0n) is 17.2. The number of thiophene rings is 1. The Morgan fingerprint density at radius 3 is 2.52 bits per heavy atom. The number of thioether (sulfide) groups is 1. The first-order valence-electron chi connectivity index (χ1n) is 9.72. The number of nitrogens with one attached hydrogen (secondary N) is 2. The quantitative estimate of drug-likeness (QED) is 0.240. The van der Waals surface area contributed by atoms with E-state index in [9.17, 15) is 9.59 Å². The molecule has 1 atom stereocenters. The van der Waals surface area contributed by atoms with E-state index in [-0.39, 0.29) is 22.1 Å². The van der Waals surface area contributed by atoms with Crippen LogP contribution in [0.1, 0.15) is 17.3 Å². The van der Waals surface area contributed by atoms with Crippen LogP contribution < -0.4 is 10.6 Å². The van der Waals surface area contributed by atoms with Gasteiger partial charge in [-0.2, -0.15) is 0 Å². The number of rotatable bonds is 7. The molecule has 0 fully saturated rings. The molecular formula is C23H17Cl2N3O2S3. The molecule has 2 heterocycles. The molecule has 4 rings (SSSR count). The first-order valence-corrected chi connectivity index (χ1v) is 13.1. The van der Waals surface area contributed by atoms with Crippen LogP contribution in [0.3, 0.4) is 0 Å². The van der Waals surface area contributed by atoms with Gasteiger partial charge >= 0.3 is 0 Å². The van der Waals surface area contributed by atoms with E-state index in [4.69, 9.17) is 23.2 Å². The van der Waals surface area contributed by atoms with Gasteiger partial charge in [0.1, 0.15) is 0 Å². The van der Waals surface area contributed by atoms with Crippen molar-refractivity contribution in [1.82, 2.24) is 4.98 Å². The molecule has 2 aromatic carbocycles. The fraction of sp³-hybridized carbons (Fsp3) is 0.0870. The molecule has 0 aliphatic heterocycles. The summed E-state index contributed by atoms with van der Waals surface area (Å²) in [5.41, 5.74) is 1.83. The van der Waals surface area contributed by atoms with Gasteiger partial charge in [0.25, 0.3) is 5.91 Å². The fourth-order valence-corrected chi connectivity index (χ4v) is 5.66. The summed E-state index contributed by atoms with van der Waals surface area (Å²) in [6.45, 7) is 1.84. The highest BCUT2D eigenvalue weighted by Crippen LogP contribution is 2.30. The number of amides is 2. The van der Waals surface area contributed by atoms with E-state index in [1.807, 2.05) is 41.9 Å². The molecule has 33 heavy (non-hydrogen) atoms. The number of anilines is 2. The van der Waals surface area contributed by atoms with Gasteiger partial charge in [0, 0.05) is 21.0 Å². The first kappa shape index (κ1) is 23.8. The van der Waals surface area contributed by atoms with Gasteiger partial charge < -0.3 is 10.6 Å². The van der Waals surface area contributed by atoms with E-state index in [1.165, 1.54) is 29.2 Å². The van der Waals surface area contributed by atoms with Gasteiger partial charge in [0.2, 0.25) is 5.91 Å². The number of hydrogen-bond acceptors (Lipinski definition) is 6. The third-order valence-electron chi connectivity index (χ3n) is 4.48. The van der Waals surface area contributed by atoms with Crippen LogP contribution in [0.4, 0.5) is 10.8 Å². The van der Waals surface area contributed by atoms with Crippen molar-refractivity contribution in [3.63, 3.8) is 0 Å². The molecule has 10 heteroatoms. The maximum Gasteiger partial charge on any atom is 0.257 e. The lowest BCUT2D eigenvalue weighted by molar-refractivity contribution is -0.115. The second kappa shape index (κ2) is 10.7. The van der Waals surface area contributed by atoms with Crippen LogP contribution in [-0.4, -0.2) is 22.0 Å². The van der Waals surface area contributed by atoms with Crippen molar-refractivity contribution in [1.29, 1.82) is 0 Å². The second-order valence-corrected chi connectivity index (χ2v) is 10.9. The Bertz CT molecular complexity index is 1270. The van der Waals surface area contributed by atoms with Crippen molar-refractivity contribution in [3.8, 4) is 10.6 Å². The molecule has 5 nitrogen and oxygen atoms in total. The summed E-state index contributed by atoms with van der Waals surface area (Å²) in [5.74, 6) is -0.447. The smallest absolute Gasteiger partial charge is 0.257 e. The molecular weight excluding hydrogens is 517 g/mol. The third-order valence-corrected chi connectivity index (χ3v) is 7.79. The van der Waals surface area contributed by atoms with Crippen molar-refractivity contribution in [3.05, 3.63) is 81.0 Å². The highest BCUT2D eigenvalue weighted by Gasteiger charge is 2.17. The highest BCUT2D eigenvalue weighted by molar-refractivity contribution is 8.00. The Morgan fingerprint density at radius 2 is 1.82 bits per heavy atom. The number of carbonyl (C=O) groups is 2. The first-order chi connectivity index (χ1) is 15.9. The van der Waals surface area contributed by atoms with Crippen molar-refractivity contribution in [2.45, 2.75) is 17.1 Å². The minimum atomic E-state index is -0.326. The number of halogens is 2. The summed E-state index contributed by atoms with van der Waals surface area (Å²) in [6, 6.07) is 16.0. The predicted molar refractivity (Wildman–Crippen MR) is 140 cm³/mol. The standard InChI is InChI=1S/C23H17Cl2N3O2S3/c1-13(21(29)28-23-27-19(12-32-23)20-3-2-10-31-20)33-16-7-5-15(6-8-16)26-22(30)17-9-4-14(24)11-18(17)25/h2-13H,1H3,(H,26,30)(H,27,28,29). The summed E-state index contributed by atoms with van der Waals surface area (Å²) in [6.07, 6.45) is 0. The number of benzene rings is 2. The van der Waals surface area contributed by atoms with Gasteiger partial charge in [-0.05, 0) is 60.8 Å². The average Bonchev–Trinajstić information content (AvgIpc) is 3.47. The van der Waals surface area contributed by atoms with Gasteiger partial charge in [0.15, 0.2) is 5.13 Å². The van der Waals surface area contributed by atoms with Crippen LogP contribution in [0.5, 0.6) is 0 Å². The maximum absolute atomic E-state index is 12.6. The molecule has 0 aliphatic rings. The lowest BCUT2D eigenvalue weighted by Gasteiger charge is -2.11. The van der Waals surface area contributed by atoms with Crippen molar-refractivity contribution in [2.24, 2.45) is 0 Å². The van der Waals surface area contributed by atoms with Crippen LogP contribution >= 0.6 is 57.6 Å². The minimum Gasteiger partial charge on any atom is -0.322 e. The normalized spacial score (nSPS) is 11.7. The number of hydrogen-bond donors (Lipinski definition) is 2. The predicted octanol–water partition coefficient (Wildman–Crippen LogP) is 7.55. The summed E-state index contributed by atoms with van der Waals surface area (Å²) < 4.78 is 0. The van der Waals surface area contributed by atoms with Gasteiger partial charge in [-0.1, -0.05) is 29.3 Å². The SMILES string of the molecule is CC(Sc1ccc(NC(=O)c2ccc(Cl)cc2Cl)cc1)C(=O)Nc1nc(-c2cccs2)cs1. The molecule has 2 N–H and O–H groups in total. The van der Waals surface area contributed by atoms with Crippen LogP contribution in [0.2, 0.25) is 10.0 Å². The zero-order valence-corrected chi connectivity index (χ0v) is 21.1. The topological polar surface area (TPSA) is 71.1 Å². The molecule has 0 bridgehead atoms. The van der Waals surface area contributed by atoms with E-state index >= 15 is 0 Å². The Morgan fingerprint density at radius 1 is 1.03 bits per heavy atom. The largest absolute Gasteiger partial charge is 0.322 e. The molecule has 168 valence electrons. The maximum atomic E-state index is 12.6. The summed E-state index contributed by atoms with van der Waals surface area (Å²) in [5, 5.41) is 10.6. The Labute approximate surface area is 213 Å². The van der Waals surface area contributed by atoms with Gasteiger partial charge in [-0.3, -0.25) is 9.59 Å². The van der Waals surface area contributed by atoms with Crippen LogP contribution in [0.25, 0.3) is 10.6 Å². The third kappa shape index (κ3) is 6.16. The van der Waals surface area contributed by atoms with Crippen molar-refractivity contribution >= 4 is 80.3 Å². The minimum absolute atomic E-state index is 0.123. The van der Waals surface area contributed by atoms with Crippen LogP contribution in [0, 0.1) is 0 Å². The molecule has 0 aliphatic carbocycles. The van der Waals surface area contributed by atoms with E-state index in [1.54, 1.807) is 35.6 Å². The molecule has 0 saturated heterocycles. The molecule has 2 aromatic heterocycles. The van der Waals surface area contributed by atoms with Crippen molar-refractivity contribution < 1.29 is 9.59 Å². The van der Waals surface area contributed by atoms with Crippen LogP contribution in [-0.2, 0) is 4.79 Å². The van der Waals surface area contributed by atoms with Crippen LogP contribution in [0.15, 0.2) is 70.3 Å². The Balaban J connectivity index is 1.32. The van der Waals surface area contributed by atoms with E-state index in [0.29, 0.717) is 21.4 Å². The molecule has 0 saturated carbocycles. The second-order valence-electron chi connectivity index (χ2n) is 6.87. The highest BCUT2D eigenvalue weighted by atomic mass is 35.5. The fourth-order valence-electron chi connectivity index (χ4n) is 2.82. The Kier molecular flexibility index (Phi) is 7.72. The van der Waals surface area contributed by atoms with Gasteiger partial charge in [0.05, 0.1) is 26.4 Å². The molecule has 2 amide bonds. The van der Waals surface area contributed by atoms with Crippen molar-refractivity contribution in [2.75, 3.05) is 10.6 Å². The number of aromatic nitrogens is 1. The summed E-state index contributed by atoms with van der Waals surface area (Å²) >= 11 is 16.4. The van der Waals surface area contributed by atoms with Gasteiger partial charge in [-0.15, -0.1) is 34.4 Å². The van der Waals surface area contributed by atoms with E-state index < -0.39 is 0 Å². The lowest BCUT2D eigenvalue weighted by atomic mass is 10.2. The summed E-state index contributed by atoms with van der Waals surface area (Å²) in [7, 11) is 0. The monoisotopic (exact) mass is 533 g/mol. The molecule has 0 spiro atoms. The van der Waals surface area contributed by atoms with E-state index in [2.05, 4.69) is 15.6 Å². The van der Waals surface area contributed by atoms with Gasteiger partial charge in [-0.25, -0.2) is 4.98 Å². The number of thiazole rings is 1. The molecule has 4 aromatic rings. The number of nitrogens with zero attached hydrogens (tertiary/aromatic N) is 1. The lowest BCUT2D eigenvalue weighted by Crippen LogP contribution is -2.22. The zero-order chi connectivity index (χ0) is 23.4. The summed E-state index contributed by atoms with van der Waals surface area (Å²) in [4.78, 5) is 31.5. The number of carbonyl (C=O) groups excluding carboxylic acids is 2. The molecule has 1 unspecified atom stereocenters. The Hall–Kier alpha value is -2.36. The average molecular weight is 535 g/mol. The van der Waals surface area contributed by atoms with E-state index in [0.717, 1.165) is 15.5 Å². The molecule has 0 radical (unpaired) electrons.